The molecule has 0 aromatic heterocycles. The molecular weight excluding hydrogens is 196 g/mol. The first-order chi connectivity index (χ1) is 7.20. The first kappa shape index (κ1) is 14.4. The molecule has 0 aromatic carbocycles. The van der Waals surface area contributed by atoms with Crippen LogP contribution in [0, 0.1) is 0 Å². The molecule has 0 radical (unpaired) electrons. The van der Waals surface area contributed by atoms with Crippen LogP contribution in [0.3, 0.4) is 0 Å². The summed E-state index contributed by atoms with van der Waals surface area (Å²) >= 11 is 0. The Morgan fingerprint density at radius 1 is 1.20 bits per heavy atom. The van der Waals surface area contributed by atoms with Crippen molar-refractivity contribution < 1.29 is 19.0 Å². The van der Waals surface area contributed by atoms with Crippen LogP contribution in [0.15, 0.2) is 0 Å². The van der Waals surface area contributed by atoms with E-state index >= 15 is 0 Å². The first-order valence-electron chi connectivity index (χ1n) is 5.55. The number of hydrogen-bond acceptors (Lipinski definition) is 4. The van der Waals surface area contributed by atoms with E-state index in [-0.39, 0.29) is 12.1 Å². The van der Waals surface area contributed by atoms with Crippen LogP contribution in [0.25, 0.3) is 0 Å². The zero-order valence-electron chi connectivity index (χ0n) is 9.95. The molecular formula is C11H22O4. The maximum absolute atomic E-state index is 11.1. The summed E-state index contributed by atoms with van der Waals surface area (Å²) in [7, 11) is 0. The molecule has 0 rings (SSSR count). The maximum atomic E-state index is 11.1. The van der Waals surface area contributed by atoms with E-state index in [9.17, 15) is 4.79 Å². The molecule has 0 fully saturated rings. The van der Waals surface area contributed by atoms with E-state index in [2.05, 4.69) is 0 Å². The maximum Gasteiger partial charge on any atom is 0.306 e. The molecule has 1 unspecified atom stereocenters. The van der Waals surface area contributed by atoms with Crippen LogP contribution in [-0.2, 0) is 19.0 Å². The summed E-state index contributed by atoms with van der Waals surface area (Å²) in [6.45, 7) is 7.98. The van der Waals surface area contributed by atoms with Gasteiger partial charge in [-0.3, -0.25) is 4.79 Å². The van der Waals surface area contributed by atoms with Gasteiger partial charge in [0.2, 0.25) is 0 Å². The van der Waals surface area contributed by atoms with Crippen molar-refractivity contribution in [3.05, 3.63) is 0 Å². The van der Waals surface area contributed by atoms with Gasteiger partial charge in [-0.25, -0.2) is 0 Å². The van der Waals surface area contributed by atoms with Crippen LogP contribution < -0.4 is 0 Å². The van der Waals surface area contributed by atoms with Crippen molar-refractivity contribution in [3.63, 3.8) is 0 Å². The smallest absolute Gasteiger partial charge is 0.306 e. The number of carbonyl (C=O) groups excluding carboxylic acids is 1. The van der Waals surface area contributed by atoms with Gasteiger partial charge in [0, 0.05) is 13.0 Å². The highest BCUT2D eigenvalue weighted by atomic mass is 16.6. The van der Waals surface area contributed by atoms with Gasteiger partial charge in [-0.2, -0.15) is 0 Å². The molecule has 0 aliphatic carbocycles. The Bertz CT molecular complexity index is 159. The Labute approximate surface area is 91.9 Å². The Balaban J connectivity index is 3.32. The highest BCUT2D eigenvalue weighted by Crippen LogP contribution is 1.97. The van der Waals surface area contributed by atoms with Crippen LogP contribution >= 0.6 is 0 Å². The van der Waals surface area contributed by atoms with Crippen LogP contribution in [0.5, 0.6) is 0 Å². The van der Waals surface area contributed by atoms with Gasteiger partial charge in [0.15, 0.2) is 0 Å². The van der Waals surface area contributed by atoms with Gasteiger partial charge in [-0.15, -0.1) is 0 Å². The minimum atomic E-state index is -0.175. The van der Waals surface area contributed by atoms with E-state index in [0.29, 0.717) is 32.8 Å². The van der Waals surface area contributed by atoms with E-state index in [0.717, 1.165) is 6.42 Å². The summed E-state index contributed by atoms with van der Waals surface area (Å²) in [4.78, 5) is 11.1. The lowest BCUT2D eigenvalue weighted by Crippen LogP contribution is -2.21. The molecule has 15 heavy (non-hydrogen) atoms. The van der Waals surface area contributed by atoms with Crippen molar-refractivity contribution >= 4 is 5.97 Å². The topological polar surface area (TPSA) is 44.8 Å². The summed E-state index contributed by atoms with van der Waals surface area (Å²) in [6.07, 6.45) is 1.12. The second kappa shape index (κ2) is 9.93. The molecule has 90 valence electrons. The SMILES string of the molecule is CCCC(=O)OC(C)COCCOCC. The molecule has 0 heterocycles. The highest BCUT2D eigenvalue weighted by Gasteiger charge is 2.08. The minimum Gasteiger partial charge on any atom is -0.460 e. The van der Waals surface area contributed by atoms with Crippen molar-refractivity contribution in [3.8, 4) is 0 Å². The number of ether oxygens (including phenoxy) is 3. The fourth-order valence-corrected chi connectivity index (χ4v) is 1.03. The molecule has 0 amide bonds. The number of carbonyl (C=O) groups is 1. The van der Waals surface area contributed by atoms with Crippen LogP contribution in [0.2, 0.25) is 0 Å². The minimum absolute atomic E-state index is 0.154. The molecule has 0 N–H and O–H groups in total. The zero-order chi connectivity index (χ0) is 11.5. The Morgan fingerprint density at radius 3 is 2.47 bits per heavy atom. The predicted octanol–water partition coefficient (Wildman–Crippen LogP) is 1.77. The molecule has 0 saturated heterocycles. The van der Waals surface area contributed by atoms with Crippen molar-refractivity contribution in [2.75, 3.05) is 26.4 Å². The standard InChI is InChI=1S/C11H22O4/c1-4-6-11(12)15-10(3)9-14-8-7-13-5-2/h10H,4-9H2,1-3H3. The van der Waals surface area contributed by atoms with E-state index < -0.39 is 0 Å². The van der Waals surface area contributed by atoms with Crippen LogP contribution in [0.4, 0.5) is 0 Å². The average molecular weight is 218 g/mol. The van der Waals surface area contributed by atoms with E-state index in [1.807, 2.05) is 20.8 Å². The lowest BCUT2D eigenvalue weighted by Gasteiger charge is -2.13. The van der Waals surface area contributed by atoms with E-state index in [1.54, 1.807) is 0 Å². The quantitative estimate of drug-likeness (QED) is 0.437. The van der Waals surface area contributed by atoms with Gasteiger partial charge in [0.1, 0.15) is 6.10 Å². The van der Waals surface area contributed by atoms with Crippen molar-refractivity contribution in [2.24, 2.45) is 0 Å². The molecule has 0 aliphatic heterocycles. The molecule has 0 spiro atoms. The molecule has 0 aliphatic rings. The highest BCUT2D eigenvalue weighted by molar-refractivity contribution is 5.69. The summed E-state index contributed by atoms with van der Waals surface area (Å²) in [5.74, 6) is -0.154. The number of esters is 1. The summed E-state index contributed by atoms with van der Waals surface area (Å²) in [5.41, 5.74) is 0. The fourth-order valence-electron chi connectivity index (χ4n) is 1.03. The number of hydrogen-bond donors (Lipinski definition) is 0. The lowest BCUT2D eigenvalue weighted by atomic mass is 10.3. The third kappa shape index (κ3) is 9.69. The monoisotopic (exact) mass is 218 g/mol. The summed E-state index contributed by atoms with van der Waals surface area (Å²) in [6, 6.07) is 0. The second-order valence-corrected chi connectivity index (χ2v) is 3.32. The van der Waals surface area contributed by atoms with Crippen molar-refractivity contribution in [1.82, 2.24) is 0 Å². The van der Waals surface area contributed by atoms with Gasteiger partial charge in [-0.05, 0) is 20.3 Å². The third-order valence-electron chi connectivity index (χ3n) is 1.72. The molecule has 0 aromatic rings. The molecule has 0 saturated carbocycles. The normalized spacial score (nSPS) is 12.5. The van der Waals surface area contributed by atoms with Crippen molar-refractivity contribution in [2.45, 2.75) is 39.7 Å². The predicted molar refractivity (Wildman–Crippen MR) is 57.8 cm³/mol. The van der Waals surface area contributed by atoms with E-state index in [1.165, 1.54) is 0 Å². The summed E-state index contributed by atoms with van der Waals surface area (Å²) < 4.78 is 15.5. The van der Waals surface area contributed by atoms with Gasteiger partial charge in [0.25, 0.3) is 0 Å². The van der Waals surface area contributed by atoms with E-state index in [4.69, 9.17) is 14.2 Å². The average Bonchev–Trinajstić information content (AvgIpc) is 2.17. The Kier molecular flexibility index (Phi) is 9.52. The van der Waals surface area contributed by atoms with Gasteiger partial charge in [-0.1, -0.05) is 6.92 Å². The molecule has 0 bridgehead atoms. The first-order valence-corrected chi connectivity index (χ1v) is 5.55. The molecule has 1 atom stereocenters. The second-order valence-electron chi connectivity index (χ2n) is 3.32. The third-order valence-corrected chi connectivity index (χ3v) is 1.72. The van der Waals surface area contributed by atoms with Gasteiger partial charge < -0.3 is 14.2 Å². The fraction of sp³-hybridized carbons (Fsp3) is 0.909. The van der Waals surface area contributed by atoms with Crippen LogP contribution in [-0.4, -0.2) is 38.5 Å². The van der Waals surface area contributed by atoms with Gasteiger partial charge in [0.05, 0.1) is 19.8 Å². The Hall–Kier alpha value is -0.610. The molecule has 4 nitrogen and oxygen atoms in total. The van der Waals surface area contributed by atoms with Crippen molar-refractivity contribution in [1.29, 1.82) is 0 Å². The lowest BCUT2D eigenvalue weighted by molar-refractivity contribution is -0.151. The Morgan fingerprint density at radius 2 is 1.87 bits per heavy atom. The zero-order valence-corrected chi connectivity index (χ0v) is 9.95. The van der Waals surface area contributed by atoms with Crippen LogP contribution in [0.1, 0.15) is 33.6 Å². The largest absolute Gasteiger partial charge is 0.460 e. The summed E-state index contributed by atoms with van der Waals surface area (Å²) in [5, 5.41) is 0. The number of rotatable bonds is 9. The van der Waals surface area contributed by atoms with Gasteiger partial charge >= 0.3 is 5.97 Å². The molecule has 4 heteroatoms.